The van der Waals surface area contributed by atoms with E-state index >= 15 is 0 Å². The van der Waals surface area contributed by atoms with Crippen LogP contribution in [0.15, 0.2) is 53.2 Å². The molecule has 2 aromatic heterocycles. The minimum atomic E-state index is -0.455. The molecule has 1 unspecified atom stereocenters. The lowest BCUT2D eigenvalue weighted by Gasteiger charge is -2.15. The molecule has 1 atom stereocenters. The fourth-order valence-corrected chi connectivity index (χ4v) is 3.37. The molecule has 0 spiro atoms. The van der Waals surface area contributed by atoms with Gasteiger partial charge in [0.15, 0.2) is 5.76 Å². The number of anilines is 1. The normalized spacial score (nSPS) is 17.0. The molecule has 9 heteroatoms. The Hall–Kier alpha value is -2.97. The van der Waals surface area contributed by atoms with Crippen molar-refractivity contribution in [3.8, 4) is 11.3 Å². The lowest BCUT2D eigenvalue weighted by atomic mass is 10.1. The fourth-order valence-electron chi connectivity index (χ4n) is 3.25. The Kier molecular flexibility index (Phi) is 5.23. The molecule has 0 bridgehead atoms. The van der Waals surface area contributed by atoms with Gasteiger partial charge in [-0.05, 0) is 24.6 Å². The molecule has 1 saturated heterocycles. The van der Waals surface area contributed by atoms with Crippen LogP contribution in [-0.4, -0.2) is 39.1 Å². The molecule has 0 aliphatic carbocycles. The average molecular weight is 400 g/mol. The molecule has 1 aliphatic heterocycles. The summed E-state index contributed by atoms with van der Waals surface area (Å²) in [7, 11) is 0. The van der Waals surface area contributed by atoms with E-state index < -0.39 is 4.92 Å². The van der Waals surface area contributed by atoms with Gasteiger partial charge in [0.05, 0.1) is 11.5 Å². The van der Waals surface area contributed by atoms with Crippen LogP contribution < -0.4 is 5.32 Å². The van der Waals surface area contributed by atoms with Gasteiger partial charge in [-0.15, -0.1) is 0 Å². The van der Waals surface area contributed by atoms with Gasteiger partial charge in [-0.25, -0.2) is 4.98 Å². The van der Waals surface area contributed by atoms with Crippen LogP contribution >= 0.6 is 11.6 Å². The molecule has 0 radical (unpaired) electrons. The van der Waals surface area contributed by atoms with Gasteiger partial charge in [-0.2, -0.15) is 0 Å². The van der Waals surface area contributed by atoms with Crippen molar-refractivity contribution < 1.29 is 9.45 Å². The number of hydrogen-bond acceptors (Lipinski definition) is 7. The number of aromatic nitrogens is 2. The largest absolute Gasteiger partial charge is 0.366 e. The molecule has 0 amide bonds. The van der Waals surface area contributed by atoms with Gasteiger partial charge in [-0.1, -0.05) is 28.9 Å². The number of likely N-dealkylation sites (tertiary alicyclic amines) is 1. The van der Waals surface area contributed by atoms with Crippen molar-refractivity contribution in [2.75, 3.05) is 18.4 Å². The average Bonchev–Trinajstić information content (AvgIpc) is 3.33. The molecule has 1 fully saturated rings. The van der Waals surface area contributed by atoms with Crippen molar-refractivity contribution in [1.29, 1.82) is 0 Å². The molecule has 4 rings (SSSR count). The second-order valence-corrected chi connectivity index (χ2v) is 7.15. The molecule has 0 saturated carbocycles. The fraction of sp³-hybridized carbons (Fsp3) is 0.263. The SMILES string of the molecule is O=[N+]([O-])c1ccc(NC2CCN(Cc3cc(-c4ccc(Cl)cc4)no3)C2)nc1. The monoisotopic (exact) mass is 399 g/mol. The van der Waals surface area contributed by atoms with Crippen LogP contribution in [0.1, 0.15) is 12.2 Å². The van der Waals surface area contributed by atoms with Gasteiger partial charge in [0.1, 0.15) is 17.7 Å². The maximum absolute atomic E-state index is 10.7. The number of pyridine rings is 1. The van der Waals surface area contributed by atoms with Crippen molar-refractivity contribution in [3.63, 3.8) is 0 Å². The molecule has 28 heavy (non-hydrogen) atoms. The summed E-state index contributed by atoms with van der Waals surface area (Å²) in [6.07, 6.45) is 2.22. The van der Waals surface area contributed by atoms with Crippen LogP contribution in [0.3, 0.4) is 0 Å². The van der Waals surface area contributed by atoms with E-state index in [1.165, 1.54) is 12.3 Å². The Morgan fingerprint density at radius 3 is 2.82 bits per heavy atom. The highest BCUT2D eigenvalue weighted by Gasteiger charge is 2.24. The van der Waals surface area contributed by atoms with Crippen molar-refractivity contribution in [2.45, 2.75) is 19.0 Å². The van der Waals surface area contributed by atoms with Crippen molar-refractivity contribution >= 4 is 23.1 Å². The first kappa shape index (κ1) is 18.4. The van der Waals surface area contributed by atoms with Gasteiger partial charge >= 0.3 is 0 Å². The summed E-state index contributed by atoms with van der Waals surface area (Å²) >= 11 is 5.92. The van der Waals surface area contributed by atoms with E-state index in [4.69, 9.17) is 16.1 Å². The van der Waals surface area contributed by atoms with Crippen LogP contribution in [0.5, 0.6) is 0 Å². The van der Waals surface area contributed by atoms with Gasteiger partial charge in [0.2, 0.25) is 0 Å². The van der Waals surface area contributed by atoms with Crippen LogP contribution in [0.4, 0.5) is 11.5 Å². The predicted molar refractivity (Wildman–Crippen MR) is 105 cm³/mol. The summed E-state index contributed by atoms with van der Waals surface area (Å²) in [5.74, 6) is 1.45. The number of nitro groups is 1. The van der Waals surface area contributed by atoms with Gasteiger partial charge in [0.25, 0.3) is 5.69 Å². The lowest BCUT2D eigenvalue weighted by Crippen LogP contribution is -2.26. The third-order valence-electron chi connectivity index (χ3n) is 4.66. The highest BCUT2D eigenvalue weighted by Crippen LogP contribution is 2.23. The summed E-state index contributed by atoms with van der Waals surface area (Å²) in [5.41, 5.74) is 1.74. The zero-order chi connectivity index (χ0) is 19.5. The molecular formula is C19H18ClN5O3. The summed E-state index contributed by atoms with van der Waals surface area (Å²) in [6, 6.07) is 12.7. The number of hydrogen-bond donors (Lipinski definition) is 1. The topological polar surface area (TPSA) is 97.3 Å². The lowest BCUT2D eigenvalue weighted by molar-refractivity contribution is -0.385. The zero-order valence-electron chi connectivity index (χ0n) is 14.9. The molecule has 3 heterocycles. The summed E-state index contributed by atoms with van der Waals surface area (Å²) in [5, 5.41) is 18.9. The van der Waals surface area contributed by atoms with Crippen molar-refractivity contribution in [2.24, 2.45) is 0 Å². The predicted octanol–water partition coefficient (Wildman–Crippen LogP) is 3.98. The number of nitrogens with one attached hydrogen (secondary N) is 1. The molecule has 144 valence electrons. The number of halogens is 1. The molecular weight excluding hydrogens is 382 g/mol. The van der Waals surface area contributed by atoms with Crippen LogP contribution in [0, 0.1) is 10.1 Å². The Bertz CT molecular complexity index is 958. The Morgan fingerprint density at radius 2 is 2.11 bits per heavy atom. The summed E-state index contributed by atoms with van der Waals surface area (Å²) in [6.45, 7) is 2.42. The Balaban J connectivity index is 1.32. The third-order valence-corrected chi connectivity index (χ3v) is 4.91. The summed E-state index contributed by atoms with van der Waals surface area (Å²) in [4.78, 5) is 16.6. The molecule has 1 aromatic carbocycles. The van der Waals surface area contributed by atoms with Crippen LogP contribution in [0.2, 0.25) is 5.02 Å². The highest BCUT2D eigenvalue weighted by molar-refractivity contribution is 6.30. The van der Waals surface area contributed by atoms with E-state index in [-0.39, 0.29) is 11.7 Å². The second kappa shape index (κ2) is 7.95. The van der Waals surface area contributed by atoms with E-state index in [2.05, 4.69) is 20.4 Å². The van der Waals surface area contributed by atoms with Crippen LogP contribution in [-0.2, 0) is 6.54 Å². The maximum Gasteiger partial charge on any atom is 0.287 e. The smallest absolute Gasteiger partial charge is 0.287 e. The first-order chi connectivity index (χ1) is 13.6. The number of rotatable bonds is 6. The maximum atomic E-state index is 10.7. The van der Waals surface area contributed by atoms with Crippen LogP contribution in [0.25, 0.3) is 11.3 Å². The minimum absolute atomic E-state index is 0.0135. The highest BCUT2D eigenvalue weighted by atomic mass is 35.5. The van der Waals surface area contributed by atoms with E-state index in [0.717, 1.165) is 36.5 Å². The minimum Gasteiger partial charge on any atom is -0.366 e. The molecule has 1 aliphatic rings. The molecule has 1 N–H and O–H groups in total. The van der Waals surface area contributed by atoms with Crippen molar-refractivity contribution in [3.05, 3.63) is 69.6 Å². The first-order valence-electron chi connectivity index (χ1n) is 8.88. The second-order valence-electron chi connectivity index (χ2n) is 6.71. The van der Waals surface area contributed by atoms with E-state index in [1.807, 2.05) is 30.3 Å². The quantitative estimate of drug-likeness (QED) is 0.494. The standard InChI is InChI=1S/C19H18ClN5O3/c20-14-3-1-13(2-4-14)18-9-17(28-23-18)12-24-8-7-15(11-24)22-19-6-5-16(10-21-19)25(26)27/h1-6,9-10,15H,7-8,11-12H2,(H,21,22). The van der Waals surface area contributed by atoms with E-state index in [1.54, 1.807) is 6.07 Å². The summed E-state index contributed by atoms with van der Waals surface area (Å²) < 4.78 is 5.48. The van der Waals surface area contributed by atoms with E-state index in [9.17, 15) is 10.1 Å². The van der Waals surface area contributed by atoms with Gasteiger partial charge < -0.3 is 9.84 Å². The molecule has 3 aromatic rings. The Labute approximate surface area is 166 Å². The number of benzene rings is 1. The first-order valence-corrected chi connectivity index (χ1v) is 9.25. The molecule has 8 nitrogen and oxygen atoms in total. The van der Waals surface area contributed by atoms with Gasteiger partial charge in [0, 0.05) is 41.9 Å². The number of nitrogens with zero attached hydrogens (tertiary/aromatic N) is 4. The Morgan fingerprint density at radius 1 is 1.29 bits per heavy atom. The third kappa shape index (κ3) is 4.29. The van der Waals surface area contributed by atoms with Gasteiger partial charge in [-0.3, -0.25) is 15.0 Å². The van der Waals surface area contributed by atoms with Crippen molar-refractivity contribution in [1.82, 2.24) is 15.0 Å². The van der Waals surface area contributed by atoms with E-state index in [0.29, 0.717) is 17.4 Å². The zero-order valence-corrected chi connectivity index (χ0v) is 15.7.